The predicted octanol–water partition coefficient (Wildman–Crippen LogP) is -3.38. The van der Waals surface area contributed by atoms with Gasteiger partial charge in [-0.3, -0.25) is 4.79 Å². The molecule has 0 saturated carbocycles. The molecule has 0 rings (SSSR count). The quantitative estimate of drug-likeness (QED) is 0.264. The largest absolute Gasteiger partial charge is 0.389 e. The van der Waals surface area contributed by atoms with Crippen molar-refractivity contribution in [2.24, 2.45) is 17.2 Å². The fourth-order valence-corrected chi connectivity index (χ4v) is 1.04. The van der Waals surface area contributed by atoms with Crippen LogP contribution in [-0.2, 0) is 4.79 Å². The first-order valence-electron chi connectivity index (χ1n) is 4.47. The first-order valence-corrected chi connectivity index (χ1v) is 4.47. The lowest BCUT2D eigenvalue weighted by Gasteiger charge is -2.33. The molecule has 0 fully saturated rings. The van der Waals surface area contributed by atoms with Gasteiger partial charge in [-0.1, -0.05) is 0 Å². The maximum Gasteiger partial charge on any atom is 0.159 e. The Balaban J connectivity index is 4.57. The Morgan fingerprint density at radius 3 is 1.93 bits per heavy atom. The van der Waals surface area contributed by atoms with E-state index in [0.29, 0.717) is 0 Å². The van der Waals surface area contributed by atoms with Gasteiger partial charge in [0.2, 0.25) is 0 Å². The van der Waals surface area contributed by atoms with E-state index in [2.05, 4.69) is 0 Å². The normalized spacial score (nSPS) is 20.5. The Morgan fingerprint density at radius 2 is 1.67 bits per heavy atom. The summed E-state index contributed by atoms with van der Waals surface area (Å²) in [5, 5.41) is 28.2. The maximum absolute atomic E-state index is 10.8. The number of carbonyl (C=O) groups is 1. The van der Waals surface area contributed by atoms with Crippen molar-refractivity contribution in [3.63, 3.8) is 0 Å². The molecule has 3 unspecified atom stereocenters. The van der Waals surface area contributed by atoms with Crippen molar-refractivity contribution in [2.45, 2.75) is 43.9 Å². The van der Waals surface area contributed by atoms with Crippen LogP contribution in [0.4, 0.5) is 0 Å². The predicted molar refractivity (Wildman–Crippen MR) is 53.5 cm³/mol. The zero-order valence-electron chi connectivity index (χ0n) is 8.79. The highest BCUT2D eigenvalue weighted by atomic mass is 16.3. The van der Waals surface area contributed by atoms with Gasteiger partial charge in [-0.25, -0.2) is 0 Å². The summed E-state index contributed by atoms with van der Waals surface area (Å²) in [7, 11) is 0. The van der Waals surface area contributed by atoms with Crippen LogP contribution in [0.5, 0.6) is 0 Å². The van der Waals surface area contributed by atoms with E-state index >= 15 is 0 Å². The molecule has 0 bridgehead atoms. The lowest BCUT2D eigenvalue weighted by Crippen LogP contribution is -2.65. The van der Waals surface area contributed by atoms with E-state index in [1.807, 2.05) is 0 Å². The SMILES string of the molecule is CC(=O)C(O)C(N)[C@H](O)C(O)C(C)(N)N. The van der Waals surface area contributed by atoms with Crippen LogP contribution in [0.1, 0.15) is 13.8 Å². The molecule has 0 spiro atoms. The molecule has 0 radical (unpaired) electrons. The Bertz CT molecular complexity index is 228. The number of aliphatic hydroxyl groups is 3. The van der Waals surface area contributed by atoms with Crippen molar-refractivity contribution in [3.8, 4) is 0 Å². The van der Waals surface area contributed by atoms with Crippen molar-refractivity contribution in [1.82, 2.24) is 0 Å². The topological polar surface area (TPSA) is 156 Å². The summed E-state index contributed by atoms with van der Waals surface area (Å²) in [6.07, 6.45) is -4.68. The van der Waals surface area contributed by atoms with Crippen molar-refractivity contribution in [2.75, 3.05) is 0 Å². The Hall–Kier alpha value is -0.570. The zero-order chi connectivity index (χ0) is 12.4. The number of aliphatic hydroxyl groups excluding tert-OH is 3. The first-order chi connectivity index (χ1) is 6.59. The van der Waals surface area contributed by atoms with Gasteiger partial charge in [-0.05, 0) is 13.8 Å². The third-order valence-electron chi connectivity index (χ3n) is 2.14. The summed E-state index contributed by atoms with van der Waals surface area (Å²) in [4.78, 5) is 10.8. The van der Waals surface area contributed by atoms with Crippen LogP contribution in [0.25, 0.3) is 0 Å². The summed E-state index contributed by atoms with van der Waals surface area (Å²) in [5.74, 6) is -0.607. The van der Waals surface area contributed by atoms with Gasteiger partial charge in [0, 0.05) is 0 Å². The first kappa shape index (κ1) is 14.4. The van der Waals surface area contributed by atoms with Gasteiger partial charge in [-0.2, -0.15) is 0 Å². The van der Waals surface area contributed by atoms with E-state index in [4.69, 9.17) is 17.2 Å². The van der Waals surface area contributed by atoms with Gasteiger partial charge in [0.15, 0.2) is 5.78 Å². The smallest absolute Gasteiger partial charge is 0.159 e. The molecular weight excluding hydrogens is 202 g/mol. The molecule has 0 aromatic heterocycles. The number of rotatable bonds is 5. The fourth-order valence-electron chi connectivity index (χ4n) is 1.04. The zero-order valence-corrected chi connectivity index (χ0v) is 8.79. The average Bonchev–Trinajstić information content (AvgIpc) is 2.11. The molecule has 0 aliphatic carbocycles. The van der Waals surface area contributed by atoms with Crippen molar-refractivity contribution < 1.29 is 20.1 Å². The summed E-state index contributed by atoms with van der Waals surface area (Å²) in [6, 6.07) is -1.33. The van der Waals surface area contributed by atoms with Crippen LogP contribution in [0, 0.1) is 0 Å². The highest BCUT2D eigenvalue weighted by Gasteiger charge is 2.37. The molecule has 0 aromatic carbocycles. The van der Waals surface area contributed by atoms with Gasteiger partial charge in [0.25, 0.3) is 0 Å². The van der Waals surface area contributed by atoms with Gasteiger partial charge in [-0.15, -0.1) is 0 Å². The Labute approximate surface area is 87.9 Å². The van der Waals surface area contributed by atoms with Gasteiger partial charge < -0.3 is 32.5 Å². The number of hydrogen-bond donors (Lipinski definition) is 6. The molecule has 15 heavy (non-hydrogen) atoms. The third kappa shape index (κ3) is 3.82. The number of nitrogens with two attached hydrogens (primary N) is 3. The standard InChI is InChI=1S/C8H19N3O4/c1-3(12)5(13)4(9)6(14)7(15)8(2,10)11/h4-7,13-15H,9-11H2,1-2H3/t4?,5?,6-,7?/m0/s1. The summed E-state index contributed by atoms with van der Waals surface area (Å²) >= 11 is 0. The molecule has 90 valence electrons. The Morgan fingerprint density at radius 1 is 1.27 bits per heavy atom. The number of Topliss-reactive ketones (excluding diaryl/α,β-unsaturated/α-hetero) is 1. The third-order valence-corrected chi connectivity index (χ3v) is 2.14. The number of carbonyl (C=O) groups excluding carboxylic acids is 1. The average molecular weight is 221 g/mol. The lowest BCUT2D eigenvalue weighted by atomic mass is 9.93. The van der Waals surface area contributed by atoms with Gasteiger partial charge in [0.1, 0.15) is 18.3 Å². The van der Waals surface area contributed by atoms with E-state index in [9.17, 15) is 20.1 Å². The minimum absolute atomic E-state index is 0.607. The molecular formula is C8H19N3O4. The van der Waals surface area contributed by atoms with E-state index < -0.39 is 35.8 Å². The van der Waals surface area contributed by atoms with E-state index in [1.165, 1.54) is 6.92 Å². The molecule has 7 heteroatoms. The van der Waals surface area contributed by atoms with Gasteiger partial charge in [0.05, 0.1) is 11.7 Å². The van der Waals surface area contributed by atoms with Crippen LogP contribution >= 0.6 is 0 Å². The van der Waals surface area contributed by atoms with Crippen LogP contribution in [0.3, 0.4) is 0 Å². The minimum atomic E-state index is -1.58. The van der Waals surface area contributed by atoms with Gasteiger partial charge >= 0.3 is 0 Å². The minimum Gasteiger partial charge on any atom is -0.389 e. The van der Waals surface area contributed by atoms with E-state index in [1.54, 1.807) is 0 Å². The summed E-state index contributed by atoms with van der Waals surface area (Å²) in [5.41, 5.74) is 14.5. The van der Waals surface area contributed by atoms with E-state index in [-0.39, 0.29) is 0 Å². The highest BCUT2D eigenvalue weighted by Crippen LogP contribution is 2.09. The number of hydrogen-bond acceptors (Lipinski definition) is 7. The van der Waals surface area contributed by atoms with Crippen LogP contribution < -0.4 is 17.2 Å². The highest BCUT2D eigenvalue weighted by molar-refractivity contribution is 5.81. The Kier molecular flexibility index (Phi) is 4.78. The molecule has 0 amide bonds. The molecule has 4 atom stereocenters. The molecule has 0 saturated heterocycles. The molecule has 0 aliphatic rings. The molecule has 9 N–H and O–H groups in total. The van der Waals surface area contributed by atoms with Crippen LogP contribution in [-0.4, -0.2) is 51.1 Å². The van der Waals surface area contributed by atoms with Crippen molar-refractivity contribution in [3.05, 3.63) is 0 Å². The number of ketones is 1. The van der Waals surface area contributed by atoms with Crippen LogP contribution in [0.2, 0.25) is 0 Å². The second-order valence-corrected chi connectivity index (χ2v) is 3.93. The molecule has 0 heterocycles. The fraction of sp³-hybridized carbons (Fsp3) is 0.875. The molecule has 0 aliphatic heterocycles. The van der Waals surface area contributed by atoms with Crippen LogP contribution in [0.15, 0.2) is 0 Å². The monoisotopic (exact) mass is 221 g/mol. The van der Waals surface area contributed by atoms with Crippen molar-refractivity contribution in [1.29, 1.82) is 0 Å². The van der Waals surface area contributed by atoms with Crippen molar-refractivity contribution >= 4 is 5.78 Å². The second-order valence-electron chi connectivity index (χ2n) is 3.93. The maximum atomic E-state index is 10.8. The van der Waals surface area contributed by atoms with E-state index in [0.717, 1.165) is 6.92 Å². The lowest BCUT2D eigenvalue weighted by molar-refractivity contribution is -0.130. The molecule has 0 aromatic rings. The summed E-state index contributed by atoms with van der Waals surface area (Å²) in [6.45, 7) is 2.40. The summed E-state index contributed by atoms with van der Waals surface area (Å²) < 4.78 is 0. The second kappa shape index (κ2) is 4.97. The molecule has 7 nitrogen and oxygen atoms in total.